The first-order chi connectivity index (χ1) is 12.8. The van der Waals surface area contributed by atoms with Crippen LogP contribution in [0.1, 0.15) is 50.4 Å². The van der Waals surface area contributed by atoms with E-state index in [9.17, 15) is 14.7 Å². The number of hydrogen-bond acceptors (Lipinski definition) is 3. The van der Waals surface area contributed by atoms with Crippen molar-refractivity contribution < 1.29 is 14.7 Å². The molecule has 3 unspecified atom stereocenters. The quantitative estimate of drug-likeness (QED) is 0.854. The maximum Gasteiger partial charge on any atom is 0.246 e. The van der Waals surface area contributed by atoms with E-state index in [1.165, 1.54) is 0 Å². The second kappa shape index (κ2) is 5.58. The van der Waals surface area contributed by atoms with Gasteiger partial charge in [0, 0.05) is 36.0 Å². The standard InChI is InChI=1S/C21H25N3O3/c1-21(2,27)11-17-18-13(12-6-3-4-7-14(12)22-18)10-16-19(25)23-9-5-8-15(23)20(26)24(16)17/h3-4,6-7,15-17,22,27H,5,8-11H2,1-2H3. The number of aliphatic hydroxyl groups is 1. The Morgan fingerprint density at radius 1 is 1.19 bits per heavy atom. The number of piperazine rings is 1. The van der Waals surface area contributed by atoms with Crippen LogP contribution >= 0.6 is 0 Å². The summed E-state index contributed by atoms with van der Waals surface area (Å²) in [7, 11) is 0. The molecule has 2 N–H and O–H groups in total. The second-order valence-electron chi connectivity index (χ2n) is 8.75. The number of aromatic amines is 1. The summed E-state index contributed by atoms with van der Waals surface area (Å²) in [5.74, 6) is 0.101. The molecule has 0 bridgehead atoms. The highest BCUT2D eigenvalue weighted by molar-refractivity contribution is 5.99. The Bertz CT molecular complexity index is 942. The van der Waals surface area contributed by atoms with E-state index in [-0.39, 0.29) is 23.9 Å². The van der Waals surface area contributed by atoms with Crippen molar-refractivity contribution in [3.63, 3.8) is 0 Å². The Kier molecular flexibility index (Phi) is 3.47. The molecule has 2 amide bonds. The number of benzene rings is 1. The number of hydrogen-bond donors (Lipinski definition) is 2. The zero-order chi connectivity index (χ0) is 18.9. The van der Waals surface area contributed by atoms with Crippen LogP contribution < -0.4 is 0 Å². The van der Waals surface area contributed by atoms with E-state index in [0.29, 0.717) is 19.4 Å². The van der Waals surface area contributed by atoms with Gasteiger partial charge in [-0.1, -0.05) is 18.2 Å². The Morgan fingerprint density at radius 2 is 1.96 bits per heavy atom. The lowest BCUT2D eigenvalue weighted by Gasteiger charge is -2.49. The van der Waals surface area contributed by atoms with Gasteiger partial charge in [0.25, 0.3) is 0 Å². The molecule has 27 heavy (non-hydrogen) atoms. The van der Waals surface area contributed by atoms with Gasteiger partial charge in [0.2, 0.25) is 11.8 Å². The summed E-state index contributed by atoms with van der Waals surface area (Å²) < 4.78 is 0. The number of para-hydroxylation sites is 1. The Balaban J connectivity index is 1.68. The van der Waals surface area contributed by atoms with Gasteiger partial charge in [-0.05, 0) is 38.3 Å². The summed E-state index contributed by atoms with van der Waals surface area (Å²) in [4.78, 5) is 33.6. The number of nitrogens with zero attached hydrogens (tertiary/aromatic N) is 2. The first-order valence-electron chi connectivity index (χ1n) is 9.80. The van der Waals surface area contributed by atoms with Crippen LogP contribution in [0, 0.1) is 0 Å². The molecule has 142 valence electrons. The van der Waals surface area contributed by atoms with Crippen LogP contribution in [-0.2, 0) is 16.0 Å². The summed E-state index contributed by atoms with van der Waals surface area (Å²) in [6.07, 6.45) is 2.56. The molecule has 3 aliphatic rings. The van der Waals surface area contributed by atoms with Crippen LogP contribution in [0.25, 0.3) is 10.9 Å². The zero-order valence-electron chi connectivity index (χ0n) is 15.7. The predicted octanol–water partition coefficient (Wildman–Crippen LogP) is 2.13. The minimum atomic E-state index is -0.947. The molecule has 5 rings (SSSR count). The van der Waals surface area contributed by atoms with Crippen molar-refractivity contribution >= 4 is 22.7 Å². The summed E-state index contributed by atoms with van der Waals surface area (Å²) in [5.41, 5.74) is 2.16. The van der Waals surface area contributed by atoms with Gasteiger partial charge < -0.3 is 19.9 Å². The van der Waals surface area contributed by atoms with Crippen molar-refractivity contribution in [1.82, 2.24) is 14.8 Å². The number of nitrogens with one attached hydrogen (secondary N) is 1. The van der Waals surface area contributed by atoms with E-state index < -0.39 is 11.6 Å². The van der Waals surface area contributed by atoms with E-state index in [0.717, 1.165) is 35.0 Å². The van der Waals surface area contributed by atoms with Gasteiger partial charge in [-0.3, -0.25) is 9.59 Å². The maximum atomic E-state index is 13.3. The van der Waals surface area contributed by atoms with Crippen molar-refractivity contribution in [2.75, 3.05) is 6.54 Å². The first-order valence-corrected chi connectivity index (χ1v) is 9.80. The third-order valence-electron chi connectivity index (χ3n) is 6.30. The van der Waals surface area contributed by atoms with Crippen molar-refractivity contribution in [2.45, 2.75) is 63.3 Å². The summed E-state index contributed by atoms with van der Waals surface area (Å²) in [6.45, 7) is 4.20. The fourth-order valence-corrected chi connectivity index (χ4v) is 5.21. The molecule has 4 heterocycles. The predicted molar refractivity (Wildman–Crippen MR) is 101 cm³/mol. The maximum absolute atomic E-state index is 13.3. The average Bonchev–Trinajstić information content (AvgIpc) is 3.23. The van der Waals surface area contributed by atoms with Gasteiger partial charge in [0.05, 0.1) is 11.6 Å². The zero-order valence-corrected chi connectivity index (χ0v) is 15.7. The highest BCUT2D eigenvalue weighted by Crippen LogP contribution is 2.44. The molecule has 1 aromatic heterocycles. The number of carbonyl (C=O) groups excluding carboxylic acids is 2. The largest absolute Gasteiger partial charge is 0.390 e. The van der Waals surface area contributed by atoms with Crippen LogP contribution in [0.2, 0.25) is 0 Å². The molecule has 0 saturated carbocycles. The van der Waals surface area contributed by atoms with E-state index in [4.69, 9.17) is 0 Å². The van der Waals surface area contributed by atoms with Crippen LogP contribution in [0.15, 0.2) is 24.3 Å². The highest BCUT2D eigenvalue weighted by Gasteiger charge is 2.53. The summed E-state index contributed by atoms with van der Waals surface area (Å²) in [6, 6.07) is 6.96. The SMILES string of the molecule is CC(C)(O)CC1c2[nH]c3ccccc3c2CC2C(=O)N3CCCC3C(=O)N21. The fraction of sp³-hybridized carbons (Fsp3) is 0.524. The molecule has 2 fully saturated rings. The van der Waals surface area contributed by atoms with E-state index in [2.05, 4.69) is 11.1 Å². The topological polar surface area (TPSA) is 76.6 Å². The number of aromatic nitrogens is 1. The fourth-order valence-electron chi connectivity index (χ4n) is 5.21. The van der Waals surface area contributed by atoms with Crippen LogP contribution in [-0.4, -0.2) is 55.9 Å². The normalized spacial score (nSPS) is 27.7. The minimum absolute atomic E-state index is 0.0376. The molecule has 3 aliphatic heterocycles. The van der Waals surface area contributed by atoms with Gasteiger partial charge in [-0.25, -0.2) is 0 Å². The average molecular weight is 367 g/mol. The summed E-state index contributed by atoms with van der Waals surface area (Å²) >= 11 is 0. The Hall–Kier alpha value is -2.34. The smallest absolute Gasteiger partial charge is 0.246 e. The molecule has 2 aromatic rings. The number of H-pyrrole nitrogens is 1. The lowest BCUT2D eigenvalue weighted by Crippen LogP contribution is -2.65. The number of rotatable bonds is 2. The third kappa shape index (κ3) is 2.42. The number of carbonyl (C=O) groups is 2. The molecule has 6 heteroatoms. The van der Waals surface area contributed by atoms with Crippen LogP contribution in [0.3, 0.4) is 0 Å². The number of fused-ring (bicyclic) bond motifs is 5. The monoisotopic (exact) mass is 367 g/mol. The second-order valence-corrected chi connectivity index (χ2v) is 8.75. The van der Waals surface area contributed by atoms with E-state index in [1.807, 2.05) is 18.2 Å². The van der Waals surface area contributed by atoms with Crippen molar-refractivity contribution in [3.8, 4) is 0 Å². The van der Waals surface area contributed by atoms with Crippen molar-refractivity contribution in [3.05, 3.63) is 35.5 Å². The first kappa shape index (κ1) is 16.8. The van der Waals surface area contributed by atoms with Crippen molar-refractivity contribution in [2.24, 2.45) is 0 Å². The minimum Gasteiger partial charge on any atom is -0.390 e. The lowest BCUT2D eigenvalue weighted by molar-refractivity contribution is -0.164. The summed E-state index contributed by atoms with van der Waals surface area (Å²) in [5, 5.41) is 11.7. The van der Waals surface area contributed by atoms with Gasteiger partial charge >= 0.3 is 0 Å². The van der Waals surface area contributed by atoms with Gasteiger partial charge in [-0.2, -0.15) is 0 Å². The van der Waals surface area contributed by atoms with Crippen molar-refractivity contribution in [1.29, 1.82) is 0 Å². The third-order valence-corrected chi connectivity index (χ3v) is 6.30. The van der Waals surface area contributed by atoms with Crippen LogP contribution in [0.4, 0.5) is 0 Å². The molecular formula is C21H25N3O3. The molecule has 6 nitrogen and oxygen atoms in total. The molecule has 1 aromatic carbocycles. The van der Waals surface area contributed by atoms with Gasteiger partial charge in [0.1, 0.15) is 12.1 Å². The van der Waals surface area contributed by atoms with Gasteiger partial charge in [-0.15, -0.1) is 0 Å². The number of amides is 2. The Morgan fingerprint density at radius 3 is 2.74 bits per heavy atom. The Labute approximate surface area is 158 Å². The highest BCUT2D eigenvalue weighted by atomic mass is 16.3. The molecule has 0 aliphatic carbocycles. The molecule has 0 radical (unpaired) electrons. The van der Waals surface area contributed by atoms with E-state index in [1.54, 1.807) is 23.6 Å². The lowest BCUT2D eigenvalue weighted by atomic mass is 9.84. The van der Waals surface area contributed by atoms with E-state index >= 15 is 0 Å². The van der Waals surface area contributed by atoms with Crippen LogP contribution in [0.5, 0.6) is 0 Å². The molecule has 0 spiro atoms. The molecule has 3 atom stereocenters. The molecular weight excluding hydrogens is 342 g/mol. The van der Waals surface area contributed by atoms with Gasteiger partial charge in [0.15, 0.2) is 0 Å². The molecule has 2 saturated heterocycles.